The van der Waals surface area contributed by atoms with Crippen LogP contribution in [0.5, 0.6) is 5.75 Å². The third kappa shape index (κ3) is 6.12. The van der Waals surface area contributed by atoms with Gasteiger partial charge >= 0.3 is 6.09 Å². The van der Waals surface area contributed by atoms with E-state index in [1.54, 1.807) is 11.1 Å². The Bertz CT molecular complexity index is 961. The van der Waals surface area contributed by atoms with Gasteiger partial charge in [0.15, 0.2) is 5.82 Å². The Hall–Kier alpha value is -3.36. The van der Waals surface area contributed by atoms with Crippen LogP contribution in [0.15, 0.2) is 42.6 Å². The highest BCUT2D eigenvalue weighted by Crippen LogP contribution is 2.25. The van der Waals surface area contributed by atoms with Gasteiger partial charge in [0, 0.05) is 37.9 Å². The van der Waals surface area contributed by atoms with Crippen molar-refractivity contribution in [3.8, 4) is 5.75 Å². The molecule has 2 fully saturated rings. The van der Waals surface area contributed by atoms with Gasteiger partial charge in [-0.05, 0) is 63.6 Å². The first-order valence-electron chi connectivity index (χ1n) is 11.3. The van der Waals surface area contributed by atoms with Crippen molar-refractivity contribution in [2.45, 2.75) is 45.3 Å². The lowest BCUT2D eigenvalue weighted by atomic mass is 10.1. The lowest BCUT2D eigenvalue weighted by Gasteiger charge is -2.24. The third-order valence-electron chi connectivity index (χ3n) is 5.66. The number of nitrogens with one attached hydrogen (secondary N) is 1. The zero-order valence-corrected chi connectivity index (χ0v) is 19.4. The highest BCUT2D eigenvalue weighted by atomic mass is 16.6. The van der Waals surface area contributed by atoms with Gasteiger partial charge < -0.3 is 24.6 Å². The SMILES string of the molecule is CC(C)(C)OC(=O)N1CC[C@@H](Oc2ccc(NC(=O)[C@H]3CCN(c4cccnn4)C3)cc2)C1. The molecule has 0 spiro atoms. The van der Waals surface area contributed by atoms with E-state index in [9.17, 15) is 9.59 Å². The molecule has 176 valence electrons. The number of carbonyl (C=O) groups excluding carboxylic acids is 2. The lowest BCUT2D eigenvalue weighted by molar-refractivity contribution is -0.119. The molecule has 2 saturated heterocycles. The van der Waals surface area contributed by atoms with Crippen LogP contribution in [0, 0.1) is 5.92 Å². The maximum absolute atomic E-state index is 12.7. The molecule has 1 N–H and O–H groups in total. The molecule has 0 saturated carbocycles. The normalized spacial score (nSPS) is 20.6. The fraction of sp³-hybridized carbons (Fsp3) is 0.500. The van der Waals surface area contributed by atoms with E-state index in [1.165, 1.54) is 0 Å². The van der Waals surface area contributed by atoms with Crippen molar-refractivity contribution in [3.05, 3.63) is 42.6 Å². The molecule has 9 heteroatoms. The Labute approximate surface area is 194 Å². The van der Waals surface area contributed by atoms with Crippen molar-refractivity contribution in [2.75, 3.05) is 36.4 Å². The Kier molecular flexibility index (Phi) is 6.67. The lowest BCUT2D eigenvalue weighted by Crippen LogP contribution is -2.36. The van der Waals surface area contributed by atoms with Gasteiger partial charge in [0.05, 0.1) is 12.5 Å². The number of aromatic nitrogens is 2. The van der Waals surface area contributed by atoms with E-state index >= 15 is 0 Å². The maximum Gasteiger partial charge on any atom is 0.410 e. The zero-order valence-electron chi connectivity index (χ0n) is 19.4. The van der Waals surface area contributed by atoms with Crippen LogP contribution in [0.25, 0.3) is 0 Å². The number of anilines is 2. The van der Waals surface area contributed by atoms with Gasteiger partial charge in [-0.1, -0.05) is 0 Å². The number of rotatable bonds is 5. The monoisotopic (exact) mass is 453 g/mol. The minimum Gasteiger partial charge on any atom is -0.489 e. The summed E-state index contributed by atoms with van der Waals surface area (Å²) in [6.07, 6.45) is 2.78. The van der Waals surface area contributed by atoms with Crippen molar-refractivity contribution >= 4 is 23.5 Å². The molecule has 4 rings (SSSR count). The van der Waals surface area contributed by atoms with Crippen LogP contribution in [0.3, 0.4) is 0 Å². The molecule has 0 unspecified atom stereocenters. The highest BCUT2D eigenvalue weighted by Gasteiger charge is 2.31. The summed E-state index contributed by atoms with van der Waals surface area (Å²) in [5.41, 5.74) is 0.218. The van der Waals surface area contributed by atoms with E-state index in [1.807, 2.05) is 57.2 Å². The Balaban J connectivity index is 1.24. The minimum atomic E-state index is -0.511. The summed E-state index contributed by atoms with van der Waals surface area (Å²) in [6, 6.07) is 11.1. The first kappa shape index (κ1) is 22.8. The maximum atomic E-state index is 12.7. The molecule has 9 nitrogen and oxygen atoms in total. The molecule has 33 heavy (non-hydrogen) atoms. The van der Waals surface area contributed by atoms with Crippen LogP contribution in [-0.2, 0) is 9.53 Å². The molecule has 2 aromatic rings. The molecule has 1 aromatic carbocycles. The Morgan fingerprint density at radius 1 is 1.06 bits per heavy atom. The van der Waals surface area contributed by atoms with Crippen molar-refractivity contribution < 1.29 is 19.1 Å². The van der Waals surface area contributed by atoms with Gasteiger partial charge in [-0.15, -0.1) is 5.10 Å². The molecular weight excluding hydrogens is 422 g/mol. The molecule has 0 radical (unpaired) electrons. The number of ether oxygens (including phenoxy) is 2. The summed E-state index contributed by atoms with van der Waals surface area (Å²) >= 11 is 0. The summed E-state index contributed by atoms with van der Waals surface area (Å²) < 4.78 is 11.5. The van der Waals surface area contributed by atoms with E-state index < -0.39 is 5.60 Å². The first-order valence-corrected chi connectivity index (χ1v) is 11.3. The van der Waals surface area contributed by atoms with Crippen molar-refractivity contribution in [1.29, 1.82) is 0 Å². The fourth-order valence-electron chi connectivity index (χ4n) is 4.01. The zero-order chi connectivity index (χ0) is 23.4. The van der Waals surface area contributed by atoms with Gasteiger partial charge in [0.1, 0.15) is 17.5 Å². The summed E-state index contributed by atoms with van der Waals surface area (Å²) in [5, 5.41) is 11.0. The number of hydrogen-bond donors (Lipinski definition) is 1. The number of likely N-dealkylation sites (tertiary alicyclic amines) is 1. The molecule has 3 heterocycles. The van der Waals surface area contributed by atoms with Gasteiger partial charge in [-0.25, -0.2) is 4.79 Å². The Morgan fingerprint density at radius 2 is 1.85 bits per heavy atom. The molecule has 1 aromatic heterocycles. The number of carbonyl (C=O) groups is 2. The second kappa shape index (κ2) is 9.64. The van der Waals surface area contributed by atoms with Crippen molar-refractivity contribution in [3.63, 3.8) is 0 Å². The van der Waals surface area contributed by atoms with Gasteiger partial charge in [0.2, 0.25) is 5.91 Å². The number of nitrogens with zero attached hydrogens (tertiary/aromatic N) is 4. The molecule has 2 atom stereocenters. The predicted molar refractivity (Wildman–Crippen MR) is 124 cm³/mol. The van der Waals surface area contributed by atoms with Crippen LogP contribution < -0.4 is 15.0 Å². The van der Waals surface area contributed by atoms with E-state index in [-0.39, 0.29) is 24.0 Å². The minimum absolute atomic E-state index is 0.00106. The van der Waals surface area contributed by atoms with Crippen LogP contribution in [0.1, 0.15) is 33.6 Å². The van der Waals surface area contributed by atoms with Gasteiger partial charge in [0.25, 0.3) is 0 Å². The number of amides is 2. The largest absolute Gasteiger partial charge is 0.489 e. The summed E-state index contributed by atoms with van der Waals surface area (Å²) in [7, 11) is 0. The van der Waals surface area contributed by atoms with Gasteiger partial charge in [-0.3, -0.25) is 4.79 Å². The first-order chi connectivity index (χ1) is 15.8. The number of benzene rings is 1. The molecule has 0 bridgehead atoms. The van der Waals surface area contributed by atoms with E-state index in [0.717, 1.165) is 30.9 Å². The molecule has 2 aliphatic rings. The number of hydrogen-bond acceptors (Lipinski definition) is 7. The van der Waals surface area contributed by atoms with Crippen LogP contribution in [-0.4, -0.2) is 65.0 Å². The molecule has 2 aliphatic heterocycles. The quantitative estimate of drug-likeness (QED) is 0.742. The van der Waals surface area contributed by atoms with E-state index in [2.05, 4.69) is 20.4 Å². The van der Waals surface area contributed by atoms with Crippen LogP contribution in [0.4, 0.5) is 16.3 Å². The molecule has 0 aliphatic carbocycles. The second-order valence-electron chi connectivity index (χ2n) is 9.48. The molecule has 2 amide bonds. The summed E-state index contributed by atoms with van der Waals surface area (Å²) in [5.74, 6) is 1.41. The highest BCUT2D eigenvalue weighted by molar-refractivity contribution is 5.93. The van der Waals surface area contributed by atoms with E-state index in [4.69, 9.17) is 9.47 Å². The van der Waals surface area contributed by atoms with Gasteiger partial charge in [-0.2, -0.15) is 5.10 Å². The van der Waals surface area contributed by atoms with Crippen LogP contribution in [0.2, 0.25) is 0 Å². The Morgan fingerprint density at radius 3 is 2.55 bits per heavy atom. The summed E-state index contributed by atoms with van der Waals surface area (Å²) in [4.78, 5) is 28.7. The second-order valence-corrected chi connectivity index (χ2v) is 9.48. The summed E-state index contributed by atoms with van der Waals surface area (Å²) in [6.45, 7) is 8.09. The molecular formula is C24H31N5O4. The average Bonchev–Trinajstić information content (AvgIpc) is 3.45. The third-order valence-corrected chi connectivity index (χ3v) is 5.66. The standard InChI is InChI=1S/C24H31N5O4/c1-24(2,3)33-23(31)29-14-11-20(16-29)32-19-8-6-18(7-9-19)26-22(30)17-10-13-28(15-17)21-5-4-12-25-27-21/h4-9,12,17,20H,10-11,13-16H2,1-3H3,(H,26,30)/t17-,20+/m0/s1. The smallest absolute Gasteiger partial charge is 0.410 e. The van der Waals surface area contributed by atoms with E-state index in [0.29, 0.717) is 25.4 Å². The van der Waals surface area contributed by atoms with Crippen molar-refractivity contribution in [1.82, 2.24) is 15.1 Å². The average molecular weight is 454 g/mol. The van der Waals surface area contributed by atoms with Crippen LogP contribution >= 0.6 is 0 Å². The van der Waals surface area contributed by atoms with Crippen molar-refractivity contribution in [2.24, 2.45) is 5.92 Å². The fourth-order valence-corrected chi connectivity index (χ4v) is 4.01. The predicted octanol–water partition coefficient (Wildman–Crippen LogP) is 3.33. The topological polar surface area (TPSA) is 96.9 Å².